The zero-order valence-electron chi connectivity index (χ0n) is 14.3. The lowest BCUT2D eigenvalue weighted by Crippen LogP contribution is -2.40. The SMILES string of the molecule is CN(c1ccccc1)S(=O)(=O)c1cccc(C(=O)NC(C)(C)C)c1. The molecule has 0 aliphatic carbocycles. The number of carbonyl (C=O) groups excluding carboxylic acids is 1. The van der Waals surface area contributed by atoms with Crippen molar-refractivity contribution in [3.63, 3.8) is 0 Å². The van der Waals surface area contributed by atoms with Gasteiger partial charge in [0.25, 0.3) is 15.9 Å². The van der Waals surface area contributed by atoms with Gasteiger partial charge in [0.2, 0.25) is 0 Å². The molecule has 1 amide bonds. The molecule has 5 nitrogen and oxygen atoms in total. The van der Waals surface area contributed by atoms with Crippen LogP contribution in [0.1, 0.15) is 31.1 Å². The zero-order valence-corrected chi connectivity index (χ0v) is 15.1. The van der Waals surface area contributed by atoms with Crippen molar-refractivity contribution < 1.29 is 13.2 Å². The van der Waals surface area contributed by atoms with E-state index in [2.05, 4.69) is 5.32 Å². The Labute approximate surface area is 143 Å². The van der Waals surface area contributed by atoms with E-state index in [1.54, 1.807) is 36.4 Å². The summed E-state index contributed by atoms with van der Waals surface area (Å²) >= 11 is 0. The van der Waals surface area contributed by atoms with E-state index < -0.39 is 15.6 Å². The number of nitrogens with one attached hydrogen (secondary N) is 1. The molecule has 0 atom stereocenters. The molecule has 1 N–H and O–H groups in total. The summed E-state index contributed by atoms with van der Waals surface area (Å²) in [6.45, 7) is 5.61. The first-order valence-electron chi connectivity index (χ1n) is 7.58. The second kappa shape index (κ2) is 6.65. The van der Waals surface area contributed by atoms with Crippen molar-refractivity contribution in [2.75, 3.05) is 11.4 Å². The first-order valence-corrected chi connectivity index (χ1v) is 9.02. The highest BCUT2D eigenvalue weighted by molar-refractivity contribution is 7.92. The van der Waals surface area contributed by atoms with Crippen LogP contribution in [0.4, 0.5) is 5.69 Å². The van der Waals surface area contributed by atoms with Crippen molar-refractivity contribution in [3.8, 4) is 0 Å². The van der Waals surface area contributed by atoms with Gasteiger partial charge >= 0.3 is 0 Å². The van der Waals surface area contributed by atoms with Crippen LogP contribution >= 0.6 is 0 Å². The number of para-hydroxylation sites is 1. The Bertz CT molecular complexity index is 825. The minimum atomic E-state index is -3.74. The van der Waals surface area contributed by atoms with Crippen molar-refractivity contribution >= 4 is 21.6 Å². The van der Waals surface area contributed by atoms with Gasteiger partial charge < -0.3 is 5.32 Å². The van der Waals surface area contributed by atoms with Gasteiger partial charge in [-0.1, -0.05) is 24.3 Å². The lowest BCUT2D eigenvalue weighted by molar-refractivity contribution is 0.0919. The minimum Gasteiger partial charge on any atom is -0.347 e. The molecule has 0 spiro atoms. The van der Waals surface area contributed by atoms with Crippen molar-refractivity contribution in [1.29, 1.82) is 0 Å². The number of benzene rings is 2. The number of carbonyl (C=O) groups is 1. The molecule has 24 heavy (non-hydrogen) atoms. The van der Waals surface area contributed by atoms with Crippen LogP contribution in [-0.4, -0.2) is 26.9 Å². The number of amides is 1. The Morgan fingerprint density at radius 2 is 1.62 bits per heavy atom. The van der Waals surface area contributed by atoms with Crippen LogP contribution in [0.3, 0.4) is 0 Å². The third kappa shape index (κ3) is 4.14. The highest BCUT2D eigenvalue weighted by Crippen LogP contribution is 2.22. The molecular weight excluding hydrogens is 324 g/mol. The number of hydrogen-bond donors (Lipinski definition) is 1. The summed E-state index contributed by atoms with van der Waals surface area (Å²) in [4.78, 5) is 12.3. The first kappa shape index (κ1) is 18.0. The van der Waals surface area contributed by atoms with Gasteiger partial charge in [0.15, 0.2) is 0 Å². The lowest BCUT2D eigenvalue weighted by atomic mass is 10.1. The molecule has 0 bridgehead atoms. The molecule has 0 aliphatic heterocycles. The van der Waals surface area contributed by atoms with Gasteiger partial charge in [-0.3, -0.25) is 9.10 Å². The van der Waals surface area contributed by atoms with Gasteiger partial charge in [-0.25, -0.2) is 8.42 Å². The number of sulfonamides is 1. The predicted molar refractivity (Wildman–Crippen MR) is 95.7 cm³/mol. The molecule has 0 unspecified atom stereocenters. The topological polar surface area (TPSA) is 66.5 Å². The summed E-state index contributed by atoms with van der Waals surface area (Å²) in [7, 11) is -2.25. The van der Waals surface area contributed by atoms with E-state index in [1.165, 1.54) is 23.5 Å². The molecule has 2 rings (SSSR count). The molecular formula is C18H22N2O3S. The predicted octanol–water partition coefficient (Wildman–Crippen LogP) is 3.04. The molecule has 6 heteroatoms. The molecule has 0 saturated carbocycles. The summed E-state index contributed by atoms with van der Waals surface area (Å²) in [5.74, 6) is -0.304. The minimum absolute atomic E-state index is 0.0791. The Morgan fingerprint density at radius 3 is 2.21 bits per heavy atom. The van der Waals surface area contributed by atoms with Gasteiger partial charge in [-0.15, -0.1) is 0 Å². The van der Waals surface area contributed by atoms with Crippen LogP contribution in [0.2, 0.25) is 0 Å². The number of rotatable bonds is 4. The fourth-order valence-electron chi connectivity index (χ4n) is 2.15. The van der Waals surface area contributed by atoms with Crippen LogP contribution in [0.5, 0.6) is 0 Å². The Kier molecular flexibility index (Phi) is 4.99. The average Bonchev–Trinajstić information content (AvgIpc) is 2.53. The van der Waals surface area contributed by atoms with Gasteiger partial charge in [-0.05, 0) is 51.1 Å². The summed E-state index contributed by atoms with van der Waals surface area (Å²) in [6, 6.07) is 14.9. The normalized spacial score (nSPS) is 11.8. The molecule has 2 aromatic rings. The largest absolute Gasteiger partial charge is 0.347 e. The van der Waals surface area contributed by atoms with E-state index in [4.69, 9.17) is 0 Å². The summed E-state index contributed by atoms with van der Waals surface area (Å²) < 4.78 is 26.8. The monoisotopic (exact) mass is 346 g/mol. The fraction of sp³-hybridized carbons (Fsp3) is 0.278. The average molecular weight is 346 g/mol. The van der Waals surface area contributed by atoms with Gasteiger partial charge in [0.05, 0.1) is 10.6 Å². The fourth-order valence-corrected chi connectivity index (χ4v) is 3.39. The molecule has 0 aliphatic rings. The number of hydrogen-bond acceptors (Lipinski definition) is 3. The van der Waals surface area contributed by atoms with Crippen LogP contribution in [0, 0.1) is 0 Å². The second-order valence-corrected chi connectivity index (χ2v) is 8.51. The van der Waals surface area contributed by atoms with Crippen LogP contribution in [0.15, 0.2) is 59.5 Å². The highest BCUT2D eigenvalue weighted by atomic mass is 32.2. The summed E-state index contributed by atoms with van der Waals surface area (Å²) in [5.41, 5.74) is 0.474. The maximum atomic E-state index is 12.8. The lowest BCUT2D eigenvalue weighted by Gasteiger charge is -2.22. The molecule has 128 valence electrons. The Morgan fingerprint density at radius 1 is 1.00 bits per heavy atom. The standard InChI is InChI=1S/C18H22N2O3S/c1-18(2,3)19-17(21)14-9-8-12-16(13-14)24(22,23)20(4)15-10-6-5-7-11-15/h5-13H,1-4H3,(H,19,21). The van der Waals surface area contributed by atoms with Gasteiger partial charge in [-0.2, -0.15) is 0 Å². The summed E-state index contributed by atoms with van der Waals surface area (Å²) in [6.07, 6.45) is 0. The highest BCUT2D eigenvalue weighted by Gasteiger charge is 2.23. The van der Waals surface area contributed by atoms with E-state index in [0.717, 1.165) is 0 Å². The maximum absolute atomic E-state index is 12.8. The quantitative estimate of drug-likeness (QED) is 0.925. The van der Waals surface area contributed by atoms with Gasteiger partial charge in [0, 0.05) is 18.2 Å². The molecule has 0 fully saturated rings. The zero-order chi connectivity index (χ0) is 18.0. The third-order valence-electron chi connectivity index (χ3n) is 3.36. The van der Waals surface area contributed by atoms with Crippen LogP contribution in [-0.2, 0) is 10.0 Å². The van der Waals surface area contributed by atoms with Crippen LogP contribution < -0.4 is 9.62 Å². The number of nitrogens with zero attached hydrogens (tertiary/aromatic N) is 1. The van der Waals surface area contributed by atoms with Crippen molar-refractivity contribution in [2.24, 2.45) is 0 Å². The third-order valence-corrected chi connectivity index (χ3v) is 5.14. The van der Waals surface area contributed by atoms with E-state index >= 15 is 0 Å². The number of anilines is 1. The Hall–Kier alpha value is -2.34. The van der Waals surface area contributed by atoms with Gasteiger partial charge in [0.1, 0.15) is 0 Å². The van der Waals surface area contributed by atoms with Crippen molar-refractivity contribution in [3.05, 3.63) is 60.2 Å². The molecule has 0 saturated heterocycles. The Balaban J connectivity index is 2.35. The maximum Gasteiger partial charge on any atom is 0.264 e. The first-order chi connectivity index (χ1) is 11.1. The smallest absolute Gasteiger partial charge is 0.264 e. The molecule has 2 aromatic carbocycles. The van der Waals surface area contributed by atoms with E-state index in [9.17, 15) is 13.2 Å². The molecule has 0 aromatic heterocycles. The van der Waals surface area contributed by atoms with Crippen molar-refractivity contribution in [1.82, 2.24) is 5.32 Å². The van der Waals surface area contributed by atoms with E-state index in [1.807, 2.05) is 26.8 Å². The van der Waals surface area contributed by atoms with E-state index in [0.29, 0.717) is 11.3 Å². The molecule has 0 radical (unpaired) electrons. The van der Waals surface area contributed by atoms with Crippen molar-refractivity contribution in [2.45, 2.75) is 31.2 Å². The molecule has 0 heterocycles. The summed E-state index contributed by atoms with van der Waals surface area (Å²) in [5, 5.41) is 2.83. The van der Waals surface area contributed by atoms with E-state index in [-0.39, 0.29) is 10.8 Å². The second-order valence-electron chi connectivity index (χ2n) is 6.54. The van der Waals surface area contributed by atoms with Crippen LogP contribution in [0.25, 0.3) is 0 Å².